The van der Waals surface area contributed by atoms with Gasteiger partial charge in [-0.15, -0.1) is 11.3 Å². The summed E-state index contributed by atoms with van der Waals surface area (Å²) in [6.07, 6.45) is 2.50. The van der Waals surface area contributed by atoms with Crippen LogP contribution in [0.1, 0.15) is 18.5 Å². The van der Waals surface area contributed by atoms with Gasteiger partial charge in [0.25, 0.3) is 0 Å². The first kappa shape index (κ1) is 12.3. The quantitative estimate of drug-likeness (QED) is 0.936. The van der Waals surface area contributed by atoms with E-state index in [2.05, 4.69) is 27.1 Å². The van der Waals surface area contributed by atoms with Gasteiger partial charge in [-0.2, -0.15) is 11.3 Å². The van der Waals surface area contributed by atoms with Crippen LogP contribution >= 0.6 is 22.7 Å². The topological polar surface area (TPSA) is 42.1 Å². The van der Waals surface area contributed by atoms with Crippen molar-refractivity contribution in [2.75, 3.05) is 13.1 Å². The molecule has 18 heavy (non-hydrogen) atoms. The molecule has 0 aromatic carbocycles. The molecular formula is C13H17N3S2. The van der Waals surface area contributed by atoms with Gasteiger partial charge >= 0.3 is 0 Å². The first-order valence-corrected chi connectivity index (χ1v) is 8.10. The zero-order valence-corrected chi connectivity index (χ0v) is 11.8. The molecule has 0 saturated carbocycles. The van der Waals surface area contributed by atoms with Crippen molar-refractivity contribution in [3.8, 4) is 10.6 Å². The zero-order valence-electron chi connectivity index (χ0n) is 10.2. The number of thiophene rings is 1. The van der Waals surface area contributed by atoms with E-state index in [9.17, 15) is 0 Å². The summed E-state index contributed by atoms with van der Waals surface area (Å²) in [5.74, 6) is 0. The average molecular weight is 279 g/mol. The first-order chi connectivity index (χ1) is 8.86. The minimum Gasteiger partial charge on any atom is -0.329 e. The van der Waals surface area contributed by atoms with Crippen LogP contribution in [0.25, 0.3) is 10.6 Å². The van der Waals surface area contributed by atoms with Crippen molar-refractivity contribution < 1.29 is 0 Å². The number of nitrogens with two attached hydrogens (primary N) is 1. The summed E-state index contributed by atoms with van der Waals surface area (Å²) in [6, 6.07) is 2.68. The molecule has 0 aliphatic carbocycles. The monoisotopic (exact) mass is 279 g/mol. The molecule has 1 aliphatic rings. The maximum atomic E-state index is 5.80. The number of aromatic nitrogens is 1. The molecule has 1 atom stereocenters. The molecule has 0 bridgehead atoms. The Hall–Kier alpha value is -0.750. The Kier molecular flexibility index (Phi) is 3.75. The van der Waals surface area contributed by atoms with E-state index in [0.717, 1.165) is 24.6 Å². The average Bonchev–Trinajstić information content (AvgIpc) is 3.10. The fourth-order valence-electron chi connectivity index (χ4n) is 2.48. The van der Waals surface area contributed by atoms with Crippen LogP contribution in [0.15, 0.2) is 22.2 Å². The summed E-state index contributed by atoms with van der Waals surface area (Å²) in [6.45, 7) is 2.87. The van der Waals surface area contributed by atoms with Crippen LogP contribution in [0.5, 0.6) is 0 Å². The van der Waals surface area contributed by atoms with Crippen molar-refractivity contribution in [3.63, 3.8) is 0 Å². The fourth-order valence-corrected chi connectivity index (χ4v) is 4.00. The molecule has 1 saturated heterocycles. The Labute approximate surface area is 115 Å². The number of hydrogen-bond acceptors (Lipinski definition) is 5. The predicted molar refractivity (Wildman–Crippen MR) is 77.9 cm³/mol. The molecule has 2 N–H and O–H groups in total. The van der Waals surface area contributed by atoms with Crippen molar-refractivity contribution in [2.24, 2.45) is 5.73 Å². The summed E-state index contributed by atoms with van der Waals surface area (Å²) in [5, 5.41) is 7.57. The van der Waals surface area contributed by atoms with Crippen molar-refractivity contribution in [3.05, 3.63) is 27.9 Å². The van der Waals surface area contributed by atoms with Gasteiger partial charge in [-0.1, -0.05) is 0 Å². The van der Waals surface area contributed by atoms with Crippen LogP contribution in [0, 0.1) is 0 Å². The van der Waals surface area contributed by atoms with Crippen LogP contribution in [0.2, 0.25) is 0 Å². The smallest absolute Gasteiger partial charge is 0.124 e. The molecule has 2 aromatic heterocycles. The highest BCUT2D eigenvalue weighted by atomic mass is 32.1. The summed E-state index contributed by atoms with van der Waals surface area (Å²) in [5.41, 5.74) is 8.23. The van der Waals surface area contributed by atoms with Gasteiger partial charge in [-0.25, -0.2) is 4.98 Å². The molecule has 96 valence electrons. The number of thiazole rings is 1. The Morgan fingerprint density at radius 1 is 1.44 bits per heavy atom. The third-order valence-electron chi connectivity index (χ3n) is 3.46. The Morgan fingerprint density at radius 3 is 3.17 bits per heavy atom. The van der Waals surface area contributed by atoms with Crippen LogP contribution < -0.4 is 5.73 Å². The van der Waals surface area contributed by atoms with E-state index < -0.39 is 0 Å². The van der Waals surface area contributed by atoms with E-state index in [1.807, 2.05) is 0 Å². The molecule has 3 nitrogen and oxygen atoms in total. The number of hydrogen-bond donors (Lipinski definition) is 1. The van der Waals surface area contributed by atoms with Gasteiger partial charge < -0.3 is 5.73 Å². The lowest BCUT2D eigenvalue weighted by atomic mass is 10.2. The Bertz CT molecular complexity index is 492. The molecule has 5 heteroatoms. The van der Waals surface area contributed by atoms with Gasteiger partial charge in [0.05, 0.1) is 5.69 Å². The van der Waals surface area contributed by atoms with E-state index in [4.69, 9.17) is 10.7 Å². The number of rotatable bonds is 4. The van der Waals surface area contributed by atoms with Gasteiger partial charge in [-0.3, -0.25) is 4.90 Å². The first-order valence-electron chi connectivity index (χ1n) is 6.28. The SMILES string of the molecule is NCC1CCCN1Cc1csc(-c2ccsc2)n1. The fraction of sp³-hybridized carbons (Fsp3) is 0.462. The van der Waals surface area contributed by atoms with E-state index in [0.29, 0.717) is 6.04 Å². The molecule has 0 radical (unpaired) electrons. The lowest BCUT2D eigenvalue weighted by Crippen LogP contribution is -2.34. The summed E-state index contributed by atoms with van der Waals surface area (Å²) >= 11 is 3.46. The highest BCUT2D eigenvalue weighted by Crippen LogP contribution is 2.27. The standard InChI is InChI=1S/C13H17N3S2/c14-6-12-2-1-4-16(12)7-11-9-18-13(15-11)10-3-5-17-8-10/h3,5,8-9,12H,1-2,4,6-7,14H2. The second kappa shape index (κ2) is 5.48. The maximum Gasteiger partial charge on any atom is 0.124 e. The number of likely N-dealkylation sites (tertiary alicyclic amines) is 1. The van der Waals surface area contributed by atoms with Gasteiger partial charge in [-0.05, 0) is 30.8 Å². The molecule has 3 rings (SSSR count). The summed E-state index contributed by atoms with van der Waals surface area (Å²) in [7, 11) is 0. The van der Waals surface area contributed by atoms with Crippen molar-refractivity contribution in [1.29, 1.82) is 0 Å². The number of nitrogens with zero attached hydrogens (tertiary/aromatic N) is 2. The van der Waals surface area contributed by atoms with Gasteiger partial charge in [0.15, 0.2) is 0 Å². The molecule has 2 aromatic rings. The third-order valence-corrected chi connectivity index (χ3v) is 5.08. The van der Waals surface area contributed by atoms with E-state index in [1.54, 1.807) is 22.7 Å². The van der Waals surface area contributed by atoms with E-state index in [1.165, 1.54) is 24.1 Å². The van der Waals surface area contributed by atoms with Crippen molar-refractivity contribution in [2.45, 2.75) is 25.4 Å². The van der Waals surface area contributed by atoms with Crippen LogP contribution in [0.3, 0.4) is 0 Å². The van der Waals surface area contributed by atoms with Crippen molar-refractivity contribution in [1.82, 2.24) is 9.88 Å². The minimum absolute atomic E-state index is 0.552. The molecule has 3 heterocycles. The van der Waals surface area contributed by atoms with E-state index >= 15 is 0 Å². The molecule has 0 amide bonds. The zero-order chi connectivity index (χ0) is 12.4. The van der Waals surface area contributed by atoms with Gasteiger partial charge in [0, 0.05) is 35.5 Å². The Balaban J connectivity index is 1.70. The maximum absolute atomic E-state index is 5.80. The molecule has 1 aliphatic heterocycles. The van der Waals surface area contributed by atoms with Crippen LogP contribution in [-0.2, 0) is 6.54 Å². The molecule has 0 spiro atoms. The molecule has 1 fully saturated rings. The Morgan fingerprint density at radius 2 is 2.39 bits per heavy atom. The second-order valence-electron chi connectivity index (χ2n) is 4.66. The largest absolute Gasteiger partial charge is 0.329 e. The van der Waals surface area contributed by atoms with Crippen molar-refractivity contribution >= 4 is 22.7 Å². The molecular weight excluding hydrogens is 262 g/mol. The lowest BCUT2D eigenvalue weighted by Gasteiger charge is -2.21. The van der Waals surface area contributed by atoms with Crippen LogP contribution in [0.4, 0.5) is 0 Å². The summed E-state index contributed by atoms with van der Waals surface area (Å²) < 4.78 is 0. The summed E-state index contributed by atoms with van der Waals surface area (Å²) in [4.78, 5) is 7.19. The second-order valence-corrected chi connectivity index (χ2v) is 6.30. The highest BCUT2D eigenvalue weighted by molar-refractivity contribution is 7.14. The minimum atomic E-state index is 0.552. The van der Waals surface area contributed by atoms with Gasteiger partial charge in [0.1, 0.15) is 5.01 Å². The third kappa shape index (κ3) is 2.49. The predicted octanol–water partition coefficient (Wildman–Crippen LogP) is 2.79. The van der Waals surface area contributed by atoms with E-state index in [-0.39, 0.29) is 0 Å². The lowest BCUT2D eigenvalue weighted by molar-refractivity contribution is 0.248. The highest BCUT2D eigenvalue weighted by Gasteiger charge is 2.23. The normalized spacial score (nSPS) is 20.6. The van der Waals surface area contributed by atoms with Crippen LogP contribution in [-0.4, -0.2) is 29.0 Å². The van der Waals surface area contributed by atoms with Gasteiger partial charge in [0.2, 0.25) is 0 Å². The molecule has 1 unspecified atom stereocenters.